The lowest BCUT2D eigenvalue weighted by Gasteiger charge is -2.06. The Labute approximate surface area is 252 Å². The second kappa shape index (κ2) is 14.0. The number of rotatable bonds is 3. The van der Waals surface area contributed by atoms with Gasteiger partial charge in [-0.2, -0.15) is 0 Å². The van der Waals surface area contributed by atoms with Crippen molar-refractivity contribution in [3.63, 3.8) is 0 Å². The van der Waals surface area contributed by atoms with Crippen molar-refractivity contribution >= 4 is 39.1 Å². The topological polar surface area (TPSA) is 86.5 Å². The maximum atomic E-state index is 13.0. The molecule has 2 aliphatic rings. The van der Waals surface area contributed by atoms with Gasteiger partial charge in [-0.15, -0.1) is 0 Å². The molecule has 0 saturated heterocycles. The van der Waals surface area contributed by atoms with Crippen LogP contribution in [0, 0.1) is 20.8 Å². The highest BCUT2D eigenvalue weighted by Crippen LogP contribution is 2.35. The third kappa shape index (κ3) is 6.08. The van der Waals surface area contributed by atoms with Crippen molar-refractivity contribution in [3.8, 4) is 0 Å². The molecule has 2 aliphatic heterocycles. The van der Waals surface area contributed by atoms with Gasteiger partial charge in [0.15, 0.2) is 0 Å². The number of aromatic nitrogens is 4. The van der Waals surface area contributed by atoms with Crippen molar-refractivity contribution in [3.05, 3.63) is 68.8 Å². The fourth-order valence-electron chi connectivity index (χ4n) is 5.87. The zero-order valence-electron chi connectivity index (χ0n) is 27.9. The minimum absolute atomic E-state index is 0.118. The zero-order chi connectivity index (χ0) is 31.3. The Balaban J connectivity index is 0.000000910. The van der Waals surface area contributed by atoms with Crippen LogP contribution < -0.4 is 5.32 Å². The van der Waals surface area contributed by atoms with E-state index in [-0.39, 0.29) is 11.8 Å². The molecular weight excluding hydrogens is 518 g/mol. The highest BCUT2D eigenvalue weighted by Gasteiger charge is 2.27. The van der Waals surface area contributed by atoms with Crippen LogP contribution in [0.1, 0.15) is 118 Å². The molecule has 3 aromatic heterocycles. The first kappa shape index (κ1) is 32.8. The number of hydrogen-bond acceptors (Lipinski definition) is 3. The second-order valence-corrected chi connectivity index (χ2v) is 11.1. The first-order valence-electron chi connectivity index (χ1n) is 15.7. The second-order valence-electron chi connectivity index (χ2n) is 11.1. The number of aromatic amines is 2. The number of likely N-dealkylation sites (N-methyl/N-ethyl adjacent to an activating group) is 1. The number of allylic oxidation sites excluding steroid dienone is 1. The minimum atomic E-state index is -0.118. The van der Waals surface area contributed by atoms with E-state index in [4.69, 9.17) is 9.97 Å². The van der Waals surface area contributed by atoms with Gasteiger partial charge in [0.05, 0.1) is 17.0 Å². The zero-order valence-corrected chi connectivity index (χ0v) is 27.9. The van der Waals surface area contributed by atoms with Crippen LogP contribution in [-0.2, 0) is 24.1 Å². The van der Waals surface area contributed by atoms with E-state index in [0.717, 1.165) is 75.2 Å². The molecule has 42 heavy (non-hydrogen) atoms. The van der Waals surface area contributed by atoms with Crippen LogP contribution in [0.3, 0.4) is 0 Å². The van der Waals surface area contributed by atoms with Crippen LogP contribution in [0.5, 0.6) is 0 Å². The van der Waals surface area contributed by atoms with Crippen LogP contribution in [-0.4, -0.2) is 32.9 Å². The van der Waals surface area contributed by atoms with Crippen molar-refractivity contribution in [1.29, 1.82) is 0 Å². The summed E-state index contributed by atoms with van der Waals surface area (Å²) in [6.45, 7) is 23.3. The Morgan fingerprint density at radius 1 is 0.833 bits per heavy atom. The van der Waals surface area contributed by atoms with E-state index in [1.54, 1.807) is 7.05 Å². The number of H-pyrrole nitrogens is 2. The summed E-state index contributed by atoms with van der Waals surface area (Å²) in [4.78, 5) is 30.5. The SMILES string of the molecule is CC.CCC.CCc1c(C)c2cc3[nH]c(cc4nc(c(C)c5nc(cc1[nH]2)C(C)=C5C(=O)NC)CC4C)c(C)c3CC. The summed E-state index contributed by atoms with van der Waals surface area (Å²) in [5.41, 5.74) is 15.6. The molecule has 0 saturated carbocycles. The van der Waals surface area contributed by atoms with Crippen molar-refractivity contribution in [2.24, 2.45) is 0 Å². The van der Waals surface area contributed by atoms with E-state index in [9.17, 15) is 4.79 Å². The van der Waals surface area contributed by atoms with Gasteiger partial charge < -0.3 is 15.3 Å². The molecule has 0 fully saturated rings. The fourth-order valence-corrected chi connectivity index (χ4v) is 5.87. The predicted octanol–water partition coefficient (Wildman–Crippen LogP) is 8.83. The Bertz CT molecular complexity index is 1650. The molecule has 6 nitrogen and oxygen atoms in total. The Kier molecular flexibility index (Phi) is 10.9. The fraction of sp³-hybridized carbons (Fsp3) is 0.472. The molecule has 1 amide bonds. The minimum Gasteiger partial charge on any atom is -0.355 e. The highest BCUT2D eigenvalue weighted by molar-refractivity contribution is 6.27. The normalized spacial score (nSPS) is 14.1. The summed E-state index contributed by atoms with van der Waals surface area (Å²) >= 11 is 0. The van der Waals surface area contributed by atoms with Crippen LogP contribution in [0.2, 0.25) is 0 Å². The molecule has 1 unspecified atom stereocenters. The average molecular weight is 570 g/mol. The molecule has 5 rings (SSSR count). The number of hydrogen-bond donors (Lipinski definition) is 3. The molecule has 5 heterocycles. The van der Waals surface area contributed by atoms with Gasteiger partial charge in [0.25, 0.3) is 5.91 Å². The summed E-state index contributed by atoms with van der Waals surface area (Å²) in [6.07, 6.45) is 3.93. The van der Waals surface area contributed by atoms with Gasteiger partial charge in [-0.3, -0.25) is 9.78 Å². The maximum Gasteiger partial charge on any atom is 0.253 e. The Hall–Kier alpha value is -3.67. The van der Waals surface area contributed by atoms with Crippen LogP contribution >= 0.6 is 0 Å². The van der Waals surface area contributed by atoms with E-state index in [2.05, 4.69) is 82.0 Å². The van der Waals surface area contributed by atoms with Crippen LogP contribution in [0.25, 0.3) is 33.2 Å². The molecule has 226 valence electrons. The summed E-state index contributed by atoms with van der Waals surface area (Å²) in [5.74, 6) is 0.166. The third-order valence-electron chi connectivity index (χ3n) is 8.21. The molecule has 0 radical (unpaired) electrons. The molecule has 0 spiro atoms. The van der Waals surface area contributed by atoms with Crippen molar-refractivity contribution < 1.29 is 4.79 Å². The molecule has 0 aromatic carbocycles. The highest BCUT2D eigenvalue weighted by atomic mass is 16.1. The number of nitrogens with one attached hydrogen (secondary N) is 3. The number of fused-ring (bicyclic) bond motifs is 8. The Morgan fingerprint density at radius 2 is 1.36 bits per heavy atom. The largest absolute Gasteiger partial charge is 0.355 e. The number of amides is 1. The molecule has 8 bridgehead atoms. The summed E-state index contributed by atoms with van der Waals surface area (Å²) in [5, 5.41) is 2.82. The summed E-state index contributed by atoms with van der Waals surface area (Å²) < 4.78 is 0. The molecule has 3 N–H and O–H groups in total. The smallest absolute Gasteiger partial charge is 0.253 e. The number of aryl methyl sites for hydroxylation is 4. The van der Waals surface area contributed by atoms with Gasteiger partial charge in [-0.25, -0.2) is 4.98 Å². The molecular formula is C36H51N5O. The lowest BCUT2D eigenvalue weighted by Crippen LogP contribution is -2.19. The van der Waals surface area contributed by atoms with Crippen molar-refractivity contribution in [1.82, 2.24) is 25.3 Å². The molecule has 6 heteroatoms. The van der Waals surface area contributed by atoms with Gasteiger partial charge in [-0.05, 0) is 98.5 Å². The van der Waals surface area contributed by atoms with Gasteiger partial charge in [0.1, 0.15) is 0 Å². The number of nitrogens with zero attached hydrogens (tertiary/aromatic N) is 2. The standard InChI is InChI=1S/C31H37N5O.C3H8.C2H6/c1-9-20-16(4)24-12-22-15(3)11-23(33-22)19(7)30-29(31(37)32-8)18(6)26(36-30)14-28-21(10-2)17(5)25(35-28)13-27(20)34-24;1-3-2;1-2/h12-15,34-35H,9-11H2,1-8H3,(H,32,37);3H2,1-2H3;1-2H3. The first-order valence-corrected chi connectivity index (χ1v) is 15.7. The van der Waals surface area contributed by atoms with Gasteiger partial charge in [-0.1, -0.05) is 54.9 Å². The molecule has 1 atom stereocenters. The summed E-state index contributed by atoms with van der Waals surface area (Å²) in [7, 11) is 1.67. The van der Waals surface area contributed by atoms with E-state index in [1.807, 2.05) is 27.7 Å². The molecule has 3 aromatic rings. The number of carbonyl (C=O) groups is 1. The Morgan fingerprint density at radius 3 is 1.88 bits per heavy atom. The monoisotopic (exact) mass is 569 g/mol. The van der Waals surface area contributed by atoms with Gasteiger partial charge in [0, 0.05) is 46.4 Å². The van der Waals surface area contributed by atoms with E-state index in [0.29, 0.717) is 5.57 Å². The first-order chi connectivity index (χ1) is 20.1. The van der Waals surface area contributed by atoms with Crippen molar-refractivity contribution in [2.45, 2.75) is 108 Å². The summed E-state index contributed by atoms with van der Waals surface area (Å²) in [6, 6.07) is 6.54. The lowest BCUT2D eigenvalue weighted by atomic mass is 9.99. The predicted molar refractivity (Wildman–Crippen MR) is 180 cm³/mol. The van der Waals surface area contributed by atoms with Gasteiger partial charge >= 0.3 is 0 Å². The maximum absolute atomic E-state index is 13.0. The van der Waals surface area contributed by atoms with Crippen LogP contribution in [0.15, 0.2) is 18.2 Å². The lowest BCUT2D eigenvalue weighted by molar-refractivity contribution is -0.115. The quantitative estimate of drug-likeness (QED) is 0.294. The van der Waals surface area contributed by atoms with Gasteiger partial charge in [0.2, 0.25) is 0 Å². The van der Waals surface area contributed by atoms with Crippen LogP contribution in [0.4, 0.5) is 0 Å². The third-order valence-corrected chi connectivity index (χ3v) is 8.21. The van der Waals surface area contributed by atoms with E-state index in [1.165, 1.54) is 28.7 Å². The van der Waals surface area contributed by atoms with E-state index >= 15 is 0 Å². The average Bonchev–Trinajstić information content (AvgIpc) is 3.68. The number of carbonyl (C=O) groups excluding carboxylic acids is 1. The molecule has 0 aliphatic carbocycles. The van der Waals surface area contributed by atoms with Crippen molar-refractivity contribution in [2.75, 3.05) is 7.05 Å². The van der Waals surface area contributed by atoms with E-state index < -0.39 is 0 Å².